The second-order valence-electron chi connectivity index (χ2n) is 5.43. The van der Waals surface area contributed by atoms with Crippen LogP contribution in [0.25, 0.3) is 10.8 Å². The molecule has 120 valence electrons. The Bertz CT molecular complexity index is 1070. The molecule has 4 rings (SSSR count). The summed E-state index contributed by atoms with van der Waals surface area (Å²) in [5.74, 6) is 0.0182. The van der Waals surface area contributed by atoms with Gasteiger partial charge in [0.2, 0.25) is 0 Å². The quantitative estimate of drug-likeness (QED) is 0.735. The van der Waals surface area contributed by atoms with E-state index in [-0.39, 0.29) is 4.90 Å². The SMILES string of the molecule is COc1ccc(S(=O)(=O)N2C(=O)c3cccc4cccc2c34)cc1. The molecule has 0 saturated heterocycles. The van der Waals surface area contributed by atoms with Crippen molar-refractivity contribution in [3.63, 3.8) is 0 Å². The molecule has 0 aliphatic carbocycles. The van der Waals surface area contributed by atoms with Gasteiger partial charge in [-0.15, -0.1) is 0 Å². The predicted octanol–water partition coefficient (Wildman–Crippen LogP) is 3.20. The molecule has 24 heavy (non-hydrogen) atoms. The number of carbonyl (C=O) groups is 1. The van der Waals surface area contributed by atoms with Gasteiger partial charge in [-0.05, 0) is 41.8 Å². The first-order chi connectivity index (χ1) is 11.5. The van der Waals surface area contributed by atoms with Crippen LogP contribution in [-0.4, -0.2) is 21.4 Å². The van der Waals surface area contributed by atoms with Crippen molar-refractivity contribution in [2.45, 2.75) is 4.90 Å². The molecule has 6 heteroatoms. The van der Waals surface area contributed by atoms with Gasteiger partial charge in [0.1, 0.15) is 5.75 Å². The fraction of sp³-hybridized carbons (Fsp3) is 0.0556. The van der Waals surface area contributed by atoms with Gasteiger partial charge in [0.05, 0.1) is 23.3 Å². The Kier molecular flexibility index (Phi) is 3.11. The maximum atomic E-state index is 13.0. The lowest BCUT2D eigenvalue weighted by Crippen LogP contribution is -2.33. The highest BCUT2D eigenvalue weighted by Gasteiger charge is 2.38. The highest BCUT2D eigenvalue weighted by Crippen LogP contribution is 2.40. The third-order valence-electron chi connectivity index (χ3n) is 4.11. The number of anilines is 1. The maximum absolute atomic E-state index is 13.0. The molecule has 0 spiro atoms. The fourth-order valence-corrected chi connectivity index (χ4v) is 4.40. The number of hydrogen-bond donors (Lipinski definition) is 0. The molecule has 0 radical (unpaired) electrons. The smallest absolute Gasteiger partial charge is 0.273 e. The van der Waals surface area contributed by atoms with E-state index in [0.717, 1.165) is 9.69 Å². The zero-order valence-electron chi connectivity index (χ0n) is 12.8. The minimum atomic E-state index is -4.00. The molecule has 0 N–H and O–H groups in total. The summed E-state index contributed by atoms with van der Waals surface area (Å²) < 4.78 is 32.0. The maximum Gasteiger partial charge on any atom is 0.273 e. The van der Waals surface area contributed by atoms with Crippen molar-refractivity contribution < 1.29 is 17.9 Å². The standard InChI is InChI=1S/C18H13NO4S/c1-23-13-8-10-14(11-9-13)24(21,22)19-16-7-3-5-12-4-2-6-15(17(12)16)18(19)20/h2-11H,1H3. The first-order valence-electron chi connectivity index (χ1n) is 7.29. The molecular formula is C18H13NO4S. The molecular weight excluding hydrogens is 326 g/mol. The average molecular weight is 339 g/mol. The molecule has 5 nitrogen and oxygen atoms in total. The molecule has 1 heterocycles. The number of rotatable bonds is 3. The molecule has 3 aromatic rings. The fourth-order valence-electron chi connectivity index (χ4n) is 2.98. The van der Waals surface area contributed by atoms with E-state index in [0.29, 0.717) is 22.4 Å². The van der Waals surface area contributed by atoms with Crippen molar-refractivity contribution >= 4 is 32.4 Å². The molecule has 1 aliphatic rings. The van der Waals surface area contributed by atoms with Crippen LogP contribution in [0.1, 0.15) is 10.4 Å². The van der Waals surface area contributed by atoms with E-state index in [1.54, 1.807) is 36.4 Å². The summed E-state index contributed by atoms with van der Waals surface area (Å²) in [7, 11) is -2.49. The first kappa shape index (κ1) is 14.7. The van der Waals surface area contributed by atoms with Gasteiger partial charge in [0.15, 0.2) is 0 Å². The Morgan fingerprint density at radius 3 is 2.25 bits per heavy atom. The van der Waals surface area contributed by atoms with Crippen LogP contribution >= 0.6 is 0 Å². The van der Waals surface area contributed by atoms with E-state index >= 15 is 0 Å². The van der Waals surface area contributed by atoms with Gasteiger partial charge in [0.25, 0.3) is 15.9 Å². The number of methoxy groups -OCH3 is 1. The minimum absolute atomic E-state index is 0.0430. The van der Waals surface area contributed by atoms with E-state index in [1.165, 1.54) is 19.2 Å². The van der Waals surface area contributed by atoms with Crippen LogP contribution in [0.15, 0.2) is 65.6 Å². The molecule has 0 fully saturated rings. The molecule has 1 aliphatic heterocycles. The van der Waals surface area contributed by atoms with Gasteiger partial charge in [-0.2, -0.15) is 4.31 Å². The number of hydrogen-bond acceptors (Lipinski definition) is 4. The van der Waals surface area contributed by atoms with Crippen LogP contribution in [0, 0.1) is 0 Å². The lowest BCUT2D eigenvalue weighted by molar-refractivity contribution is 0.101. The molecule has 0 atom stereocenters. The van der Waals surface area contributed by atoms with Gasteiger partial charge < -0.3 is 4.74 Å². The number of amides is 1. The van der Waals surface area contributed by atoms with Crippen molar-refractivity contribution in [1.82, 2.24) is 0 Å². The minimum Gasteiger partial charge on any atom is -0.497 e. The van der Waals surface area contributed by atoms with Crippen LogP contribution < -0.4 is 9.04 Å². The van der Waals surface area contributed by atoms with Gasteiger partial charge in [0, 0.05) is 5.39 Å². The van der Waals surface area contributed by atoms with Crippen molar-refractivity contribution in [2.75, 3.05) is 11.4 Å². The topological polar surface area (TPSA) is 63.7 Å². The van der Waals surface area contributed by atoms with Crippen molar-refractivity contribution in [3.05, 3.63) is 66.2 Å². The van der Waals surface area contributed by atoms with Gasteiger partial charge >= 0.3 is 0 Å². The van der Waals surface area contributed by atoms with Gasteiger partial charge in [-0.25, -0.2) is 8.42 Å². The molecule has 0 saturated carbocycles. The largest absolute Gasteiger partial charge is 0.497 e. The van der Waals surface area contributed by atoms with Crippen molar-refractivity contribution in [1.29, 1.82) is 0 Å². The summed E-state index contributed by atoms with van der Waals surface area (Å²) in [5, 5.41) is 1.51. The van der Waals surface area contributed by atoms with E-state index in [2.05, 4.69) is 0 Å². The Balaban J connectivity index is 1.91. The van der Waals surface area contributed by atoms with Crippen LogP contribution in [0.5, 0.6) is 5.75 Å². The van der Waals surface area contributed by atoms with Crippen LogP contribution in [0.3, 0.4) is 0 Å². The van der Waals surface area contributed by atoms with Crippen LogP contribution in [0.4, 0.5) is 5.69 Å². The summed E-state index contributed by atoms with van der Waals surface area (Å²) in [6.45, 7) is 0. The number of ether oxygens (including phenoxy) is 1. The Morgan fingerprint density at radius 2 is 1.58 bits per heavy atom. The Morgan fingerprint density at radius 1 is 0.917 bits per heavy atom. The average Bonchev–Trinajstić information content (AvgIpc) is 2.90. The number of sulfonamides is 1. The molecule has 1 amide bonds. The Labute approximate surface area is 139 Å². The zero-order chi connectivity index (χ0) is 16.9. The third-order valence-corrected chi connectivity index (χ3v) is 5.83. The highest BCUT2D eigenvalue weighted by atomic mass is 32.2. The van der Waals surface area contributed by atoms with E-state index in [1.807, 2.05) is 12.1 Å². The van der Waals surface area contributed by atoms with E-state index < -0.39 is 15.9 Å². The molecule has 0 aromatic heterocycles. The second-order valence-corrected chi connectivity index (χ2v) is 7.22. The number of benzene rings is 3. The molecule has 0 bridgehead atoms. The van der Waals surface area contributed by atoms with Gasteiger partial charge in [-0.3, -0.25) is 4.79 Å². The highest BCUT2D eigenvalue weighted by molar-refractivity contribution is 7.93. The normalized spacial score (nSPS) is 13.5. The monoisotopic (exact) mass is 339 g/mol. The van der Waals surface area contributed by atoms with E-state index in [4.69, 9.17) is 4.74 Å². The van der Waals surface area contributed by atoms with E-state index in [9.17, 15) is 13.2 Å². The third kappa shape index (κ3) is 1.93. The second kappa shape index (κ2) is 5.07. The number of nitrogens with zero attached hydrogens (tertiary/aromatic N) is 1. The lowest BCUT2D eigenvalue weighted by Gasteiger charge is -2.18. The summed E-state index contributed by atoms with van der Waals surface area (Å²) in [5.41, 5.74) is 0.795. The molecule has 3 aromatic carbocycles. The summed E-state index contributed by atoms with van der Waals surface area (Å²) in [4.78, 5) is 12.8. The lowest BCUT2D eigenvalue weighted by atomic mass is 10.1. The van der Waals surface area contributed by atoms with Crippen LogP contribution in [-0.2, 0) is 10.0 Å². The van der Waals surface area contributed by atoms with Crippen LogP contribution in [0.2, 0.25) is 0 Å². The van der Waals surface area contributed by atoms with Gasteiger partial charge in [-0.1, -0.05) is 24.3 Å². The summed E-state index contributed by atoms with van der Waals surface area (Å²) in [6.07, 6.45) is 0. The molecule has 0 unspecified atom stereocenters. The zero-order valence-corrected chi connectivity index (χ0v) is 13.6. The predicted molar refractivity (Wildman–Crippen MR) is 90.9 cm³/mol. The summed E-state index contributed by atoms with van der Waals surface area (Å²) in [6, 6.07) is 16.5. The first-order valence-corrected chi connectivity index (χ1v) is 8.73. The summed E-state index contributed by atoms with van der Waals surface area (Å²) >= 11 is 0. The van der Waals surface area contributed by atoms with Crippen molar-refractivity contribution in [3.8, 4) is 5.75 Å². The van der Waals surface area contributed by atoms with Crippen molar-refractivity contribution in [2.24, 2.45) is 0 Å². The Hall–Kier alpha value is -2.86. The number of carbonyl (C=O) groups excluding carboxylic acids is 1.